The highest BCUT2D eigenvalue weighted by Crippen LogP contribution is 2.28. The number of aromatic nitrogens is 2. The Morgan fingerprint density at radius 1 is 1.07 bits per heavy atom. The number of thiophene rings is 1. The van der Waals surface area contributed by atoms with Crippen LogP contribution < -0.4 is 10.9 Å². The van der Waals surface area contributed by atoms with Crippen LogP contribution >= 0.6 is 11.3 Å². The number of para-hydroxylation sites is 1. The molecule has 0 saturated heterocycles. The quantitative estimate of drug-likeness (QED) is 0.563. The second-order valence-corrected chi connectivity index (χ2v) is 7.80. The van der Waals surface area contributed by atoms with Crippen molar-refractivity contribution in [2.24, 2.45) is 0 Å². The first-order chi connectivity index (χ1) is 13.5. The number of anilines is 1. The lowest BCUT2D eigenvalue weighted by molar-refractivity contribution is -0.116. The van der Waals surface area contributed by atoms with E-state index >= 15 is 0 Å². The zero-order valence-electron chi connectivity index (χ0n) is 15.6. The van der Waals surface area contributed by atoms with Gasteiger partial charge in [-0.25, -0.2) is 4.98 Å². The molecule has 0 bridgehead atoms. The van der Waals surface area contributed by atoms with Gasteiger partial charge in [0.1, 0.15) is 11.4 Å². The normalized spacial score (nSPS) is 10.9. The Bertz CT molecular complexity index is 1230. The van der Waals surface area contributed by atoms with E-state index in [9.17, 15) is 9.59 Å². The fraction of sp³-hybridized carbons (Fsp3) is 0.136. The standard InChI is InChI=1S/C22H19N3O2S/c1-14-15(2)28-21-20(14)22(27)25(13-23-21)12-19(26)24-18-11-7-6-10-17(18)16-8-4-3-5-9-16/h3-11,13H,12H2,1-2H3,(H,24,26). The Labute approximate surface area is 166 Å². The summed E-state index contributed by atoms with van der Waals surface area (Å²) in [5.74, 6) is -0.267. The van der Waals surface area contributed by atoms with Crippen LogP contribution in [0.3, 0.4) is 0 Å². The van der Waals surface area contributed by atoms with Gasteiger partial charge in [0.15, 0.2) is 0 Å². The number of aryl methyl sites for hydroxylation is 2. The lowest BCUT2D eigenvalue weighted by Crippen LogP contribution is -2.28. The predicted octanol–water partition coefficient (Wildman–Crippen LogP) is 4.38. The molecule has 0 fully saturated rings. The van der Waals surface area contributed by atoms with Crippen LogP contribution in [0.25, 0.3) is 21.3 Å². The number of fused-ring (bicyclic) bond motifs is 1. The van der Waals surface area contributed by atoms with Gasteiger partial charge in [-0.1, -0.05) is 48.5 Å². The summed E-state index contributed by atoms with van der Waals surface area (Å²) in [6.07, 6.45) is 1.45. The SMILES string of the molecule is Cc1sc2ncn(CC(=O)Nc3ccccc3-c3ccccc3)c(=O)c2c1C. The molecule has 2 aromatic heterocycles. The minimum atomic E-state index is -0.267. The van der Waals surface area contributed by atoms with Crippen LogP contribution in [0.5, 0.6) is 0 Å². The maximum absolute atomic E-state index is 12.8. The molecule has 0 aliphatic rings. The van der Waals surface area contributed by atoms with E-state index < -0.39 is 0 Å². The van der Waals surface area contributed by atoms with Gasteiger partial charge in [0.2, 0.25) is 5.91 Å². The summed E-state index contributed by atoms with van der Waals surface area (Å²) in [5.41, 5.74) is 3.41. The van der Waals surface area contributed by atoms with Crippen molar-refractivity contribution in [3.63, 3.8) is 0 Å². The average molecular weight is 389 g/mol. The van der Waals surface area contributed by atoms with Crippen molar-refractivity contribution in [1.82, 2.24) is 9.55 Å². The van der Waals surface area contributed by atoms with Crippen molar-refractivity contribution in [2.45, 2.75) is 20.4 Å². The zero-order chi connectivity index (χ0) is 19.7. The summed E-state index contributed by atoms with van der Waals surface area (Å²) in [6, 6.07) is 17.5. The minimum absolute atomic E-state index is 0.0841. The molecule has 0 radical (unpaired) electrons. The molecule has 0 spiro atoms. The van der Waals surface area contributed by atoms with Gasteiger partial charge in [-0.2, -0.15) is 0 Å². The van der Waals surface area contributed by atoms with E-state index in [1.54, 1.807) is 0 Å². The Hall–Kier alpha value is -3.25. The maximum atomic E-state index is 12.8. The first-order valence-corrected chi connectivity index (χ1v) is 9.75. The molecule has 4 aromatic rings. The van der Waals surface area contributed by atoms with Crippen molar-refractivity contribution >= 4 is 33.1 Å². The largest absolute Gasteiger partial charge is 0.324 e. The Morgan fingerprint density at radius 3 is 2.57 bits per heavy atom. The lowest BCUT2D eigenvalue weighted by Gasteiger charge is -2.12. The number of carbonyl (C=O) groups is 1. The van der Waals surface area contributed by atoms with E-state index in [1.165, 1.54) is 22.2 Å². The molecule has 4 rings (SSSR count). The third-order valence-corrected chi connectivity index (χ3v) is 5.87. The first-order valence-electron chi connectivity index (χ1n) is 8.94. The number of rotatable bonds is 4. The molecular weight excluding hydrogens is 370 g/mol. The highest BCUT2D eigenvalue weighted by atomic mass is 32.1. The van der Waals surface area contributed by atoms with Crippen LogP contribution in [-0.2, 0) is 11.3 Å². The van der Waals surface area contributed by atoms with Gasteiger partial charge >= 0.3 is 0 Å². The van der Waals surface area contributed by atoms with Crippen molar-refractivity contribution in [3.8, 4) is 11.1 Å². The number of hydrogen-bond donors (Lipinski definition) is 1. The van der Waals surface area contributed by atoms with Crippen LogP contribution in [0.15, 0.2) is 65.7 Å². The summed E-state index contributed by atoms with van der Waals surface area (Å²) >= 11 is 1.50. The molecule has 1 amide bonds. The van der Waals surface area contributed by atoms with Crippen molar-refractivity contribution in [3.05, 3.63) is 81.7 Å². The van der Waals surface area contributed by atoms with E-state index in [4.69, 9.17) is 0 Å². The van der Waals surface area contributed by atoms with Crippen LogP contribution in [0.2, 0.25) is 0 Å². The first kappa shape index (κ1) is 18.1. The van der Waals surface area contributed by atoms with Crippen molar-refractivity contribution in [2.75, 3.05) is 5.32 Å². The molecule has 140 valence electrons. The summed E-state index contributed by atoms with van der Waals surface area (Å²) in [7, 11) is 0. The summed E-state index contributed by atoms with van der Waals surface area (Å²) < 4.78 is 1.36. The monoisotopic (exact) mass is 389 g/mol. The molecule has 6 heteroatoms. The number of amides is 1. The average Bonchev–Trinajstić information content (AvgIpc) is 3.00. The Kier molecular flexibility index (Phi) is 4.79. The van der Waals surface area contributed by atoms with Gasteiger partial charge in [-0.05, 0) is 31.0 Å². The second kappa shape index (κ2) is 7.40. The van der Waals surface area contributed by atoms with Crippen molar-refractivity contribution < 1.29 is 4.79 Å². The molecule has 2 aromatic carbocycles. The summed E-state index contributed by atoms with van der Waals surface area (Å²) in [6.45, 7) is 3.80. The molecule has 5 nitrogen and oxygen atoms in total. The van der Waals surface area contributed by atoms with Crippen molar-refractivity contribution in [1.29, 1.82) is 0 Å². The zero-order valence-corrected chi connectivity index (χ0v) is 16.4. The Balaban J connectivity index is 1.61. The molecule has 0 atom stereocenters. The predicted molar refractivity (Wildman–Crippen MR) is 114 cm³/mol. The molecule has 28 heavy (non-hydrogen) atoms. The van der Waals surface area contributed by atoms with Gasteiger partial charge in [-0.15, -0.1) is 11.3 Å². The molecule has 1 N–H and O–H groups in total. The molecule has 2 heterocycles. The number of nitrogens with one attached hydrogen (secondary N) is 1. The third-order valence-electron chi connectivity index (χ3n) is 4.76. The summed E-state index contributed by atoms with van der Waals surface area (Å²) in [5, 5.41) is 3.53. The van der Waals surface area contributed by atoms with Crippen LogP contribution in [0.1, 0.15) is 10.4 Å². The number of benzene rings is 2. The molecule has 0 aliphatic heterocycles. The van der Waals surface area contributed by atoms with E-state index in [2.05, 4.69) is 10.3 Å². The summed E-state index contributed by atoms with van der Waals surface area (Å²) in [4.78, 5) is 31.6. The molecular formula is C22H19N3O2S. The molecule has 0 unspecified atom stereocenters. The van der Waals surface area contributed by atoms with Gasteiger partial charge in [0, 0.05) is 16.1 Å². The van der Waals surface area contributed by atoms with Gasteiger partial charge < -0.3 is 5.32 Å². The van der Waals surface area contributed by atoms with Crippen LogP contribution in [0, 0.1) is 13.8 Å². The fourth-order valence-corrected chi connectivity index (χ4v) is 4.18. The van der Waals surface area contributed by atoms with Gasteiger partial charge in [-0.3, -0.25) is 14.2 Å². The van der Waals surface area contributed by atoms with Gasteiger partial charge in [0.25, 0.3) is 5.56 Å². The van der Waals surface area contributed by atoms with E-state index in [0.717, 1.165) is 21.6 Å². The van der Waals surface area contributed by atoms with Gasteiger partial charge in [0.05, 0.1) is 11.7 Å². The maximum Gasteiger partial charge on any atom is 0.262 e. The van der Waals surface area contributed by atoms with Crippen LogP contribution in [0.4, 0.5) is 5.69 Å². The van der Waals surface area contributed by atoms with Crippen LogP contribution in [-0.4, -0.2) is 15.5 Å². The number of nitrogens with zero attached hydrogens (tertiary/aromatic N) is 2. The highest BCUT2D eigenvalue weighted by Gasteiger charge is 2.14. The molecule has 0 saturated carbocycles. The second-order valence-electron chi connectivity index (χ2n) is 6.60. The number of hydrogen-bond acceptors (Lipinski definition) is 4. The third kappa shape index (κ3) is 3.34. The smallest absolute Gasteiger partial charge is 0.262 e. The minimum Gasteiger partial charge on any atom is -0.324 e. The number of carbonyl (C=O) groups excluding carboxylic acids is 1. The Morgan fingerprint density at radius 2 is 1.79 bits per heavy atom. The van der Waals surface area contributed by atoms with E-state index in [0.29, 0.717) is 15.9 Å². The van der Waals surface area contributed by atoms with E-state index in [1.807, 2.05) is 68.4 Å². The van der Waals surface area contributed by atoms with E-state index in [-0.39, 0.29) is 18.0 Å². The molecule has 0 aliphatic carbocycles. The topological polar surface area (TPSA) is 64.0 Å². The lowest BCUT2D eigenvalue weighted by atomic mass is 10.0. The fourth-order valence-electron chi connectivity index (χ4n) is 3.19. The highest BCUT2D eigenvalue weighted by molar-refractivity contribution is 7.18.